The molecule has 9 rings (SSSR count). The molecule has 0 aliphatic rings. The average molecular weight is 588 g/mol. The standard InChI is InChI=1S/C44H29NO/c1-2-9-30(10-3-1)31-17-22-35(23-18-31)45(36-24-19-33(20-25-36)39-15-8-12-32-11-4-5-13-38(32)39)37-26-27-40-34(29-37)21-28-43-44(40)41-14-6-7-16-42(41)46-43/h1-29H. The van der Waals surface area contributed by atoms with Gasteiger partial charge in [-0.3, -0.25) is 0 Å². The van der Waals surface area contributed by atoms with Gasteiger partial charge in [0.1, 0.15) is 11.2 Å². The molecule has 0 bridgehead atoms. The lowest BCUT2D eigenvalue weighted by atomic mass is 9.98. The normalized spacial score (nSPS) is 11.5. The number of rotatable bonds is 5. The molecule has 1 aromatic heterocycles. The van der Waals surface area contributed by atoms with Gasteiger partial charge >= 0.3 is 0 Å². The van der Waals surface area contributed by atoms with Crippen molar-refractivity contribution in [3.8, 4) is 22.3 Å². The molecule has 0 amide bonds. The van der Waals surface area contributed by atoms with Crippen LogP contribution in [0.1, 0.15) is 0 Å². The van der Waals surface area contributed by atoms with Gasteiger partial charge in [-0.05, 0) is 92.3 Å². The van der Waals surface area contributed by atoms with Crippen LogP contribution in [0.4, 0.5) is 17.1 Å². The van der Waals surface area contributed by atoms with E-state index in [1.54, 1.807) is 0 Å². The lowest BCUT2D eigenvalue weighted by Gasteiger charge is -2.26. The molecular weight excluding hydrogens is 558 g/mol. The summed E-state index contributed by atoms with van der Waals surface area (Å²) >= 11 is 0. The van der Waals surface area contributed by atoms with Crippen LogP contribution < -0.4 is 4.90 Å². The molecule has 0 aliphatic carbocycles. The van der Waals surface area contributed by atoms with Crippen molar-refractivity contribution in [2.24, 2.45) is 0 Å². The molecule has 0 spiro atoms. The predicted octanol–water partition coefficient (Wildman–Crippen LogP) is 12.7. The molecule has 0 saturated carbocycles. The Morgan fingerprint density at radius 3 is 1.78 bits per heavy atom. The topological polar surface area (TPSA) is 16.4 Å². The first-order valence-corrected chi connectivity index (χ1v) is 15.7. The first-order valence-electron chi connectivity index (χ1n) is 15.7. The van der Waals surface area contributed by atoms with E-state index >= 15 is 0 Å². The number of furan rings is 1. The third kappa shape index (κ3) is 4.43. The van der Waals surface area contributed by atoms with Crippen LogP contribution >= 0.6 is 0 Å². The highest BCUT2D eigenvalue weighted by atomic mass is 16.3. The van der Waals surface area contributed by atoms with Gasteiger partial charge in [-0.25, -0.2) is 0 Å². The van der Waals surface area contributed by atoms with Crippen molar-refractivity contribution in [1.29, 1.82) is 0 Å². The van der Waals surface area contributed by atoms with E-state index in [2.05, 4.69) is 169 Å². The Labute approximate surface area is 267 Å². The molecule has 0 atom stereocenters. The van der Waals surface area contributed by atoms with E-state index < -0.39 is 0 Å². The van der Waals surface area contributed by atoms with Gasteiger partial charge in [-0.2, -0.15) is 0 Å². The van der Waals surface area contributed by atoms with Gasteiger partial charge in [0, 0.05) is 27.8 Å². The van der Waals surface area contributed by atoms with Gasteiger partial charge < -0.3 is 9.32 Å². The Balaban J connectivity index is 1.18. The van der Waals surface area contributed by atoms with Gasteiger partial charge in [-0.15, -0.1) is 0 Å². The largest absolute Gasteiger partial charge is 0.456 e. The molecule has 8 aromatic carbocycles. The van der Waals surface area contributed by atoms with Crippen molar-refractivity contribution in [2.75, 3.05) is 4.90 Å². The highest BCUT2D eigenvalue weighted by Crippen LogP contribution is 2.41. The van der Waals surface area contributed by atoms with E-state index in [0.29, 0.717) is 0 Å². The predicted molar refractivity (Wildman–Crippen MR) is 194 cm³/mol. The molecule has 46 heavy (non-hydrogen) atoms. The van der Waals surface area contributed by atoms with Crippen LogP contribution in [0.2, 0.25) is 0 Å². The highest BCUT2D eigenvalue weighted by Gasteiger charge is 2.16. The van der Waals surface area contributed by atoms with Gasteiger partial charge in [0.05, 0.1) is 0 Å². The number of benzene rings is 8. The van der Waals surface area contributed by atoms with Crippen molar-refractivity contribution >= 4 is 60.5 Å². The lowest BCUT2D eigenvalue weighted by molar-refractivity contribution is 0.669. The number of anilines is 3. The summed E-state index contributed by atoms with van der Waals surface area (Å²) in [5, 5.41) is 7.19. The molecule has 0 aliphatic heterocycles. The smallest absolute Gasteiger partial charge is 0.136 e. The zero-order chi connectivity index (χ0) is 30.5. The van der Waals surface area contributed by atoms with Crippen LogP contribution in [-0.4, -0.2) is 0 Å². The molecule has 0 radical (unpaired) electrons. The SMILES string of the molecule is c1ccc(-c2ccc(N(c3ccc(-c4cccc5ccccc45)cc3)c3ccc4c(ccc5oc6ccccc6c54)c3)cc2)cc1. The van der Waals surface area contributed by atoms with Crippen molar-refractivity contribution in [3.63, 3.8) is 0 Å². The summed E-state index contributed by atoms with van der Waals surface area (Å²) in [4.78, 5) is 2.35. The minimum Gasteiger partial charge on any atom is -0.456 e. The number of fused-ring (bicyclic) bond motifs is 6. The summed E-state index contributed by atoms with van der Waals surface area (Å²) in [5.74, 6) is 0. The molecule has 0 N–H and O–H groups in total. The van der Waals surface area contributed by atoms with Crippen LogP contribution in [0.3, 0.4) is 0 Å². The maximum absolute atomic E-state index is 6.19. The van der Waals surface area contributed by atoms with Crippen molar-refractivity contribution in [2.45, 2.75) is 0 Å². The van der Waals surface area contributed by atoms with Gasteiger partial charge in [0.25, 0.3) is 0 Å². The molecule has 216 valence electrons. The molecule has 9 aromatic rings. The molecule has 0 saturated heterocycles. The van der Waals surface area contributed by atoms with Crippen LogP contribution in [-0.2, 0) is 0 Å². The molecule has 2 heteroatoms. The fourth-order valence-corrected chi connectivity index (χ4v) is 6.83. The van der Waals surface area contributed by atoms with E-state index in [4.69, 9.17) is 4.42 Å². The fraction of sp³-hybridized carbons (Fsp3) is 0. The lowest BCUT2D eigenvalue weighted by Crippen LogP contribution is -2.09. The summed E-state index contributed by atoms with van der Waals surface area (Å²) in [7, 11) is 0. The number of para-hydroxylation sites is 1. The number of hydrogen-bond acceptors (Lipinski definition) is 2. The van der Waals surface area contributed by atoms with Gasteiger partial charge in [-0.1, -0.05) is 127 Å². The Kier molecular flexibility index (Phi) is 6.17. The van der Waals surface area contributed by atoms with E-state index in [-0.39, 0.29) is 0 Å². The minimum atomic E-state index is 0.916. The number of nitrogens with zero attached hydrogens (tertiary/aromatic N) is 1. The zero-order valence-corrected chi connectivity index (χ0v) is 25.1. The summed E-state index contributed by atoms with van der Waals surface area (Å²) in [5.41, 5.74) is 9.99. The van der Waals surface area contributed by atoms with Crippen LogP contribution in [0.5, 0.6) is 0 Å². The minimum absolute atomic E-state index is 0.916. The number of hydrogen-bond donors (Lipinski definition) is 0. The van der Waals surface area contributed by atoms with E-state index in [1.165, 1.54) is 43.8 Å². The van der Waals surface area contributed by atoms with Crippen molar-refractivity contribution in [3.05, 3.63) is 176 Å². The van der Waals surface area contributed by atoms with Crippen molar-refractivity contribution in [1.82, 2.24) is 0 Å². The van der Waals surface area contributed by atoms with Crippen LogP contribution in [0, 0.1) is 0 Å². The molecular formula is C44H29NO. The second kappa shape index (κ2) is 10.8. The van der Waals surface area contributed by atoms with Gasteiger partial charge in [0.2, 0.25) is 0 Å². The maximum atomic E-state index is 6.19. The second-order valence-electron chi connectivity index (χ2n) is 11.8. The monoisotopic (exact) mass is 587 g/mol. The molecule has 0 unspecified atom stereocenters. The third-order valence-electron chi connectivity index (χ3n) is 9.06. The van der Waals surface area contributed by atoms with E-state index in [1.807, 2.05) is 12.1 Å². The Bertz CT molecular complexity index is 2500. The molecule has 2 nitrogen and oxygen atoms in total. The summed E-state index contributed by atoms with van der Waals surface area (Å²) in [6.45, 7) is 0. The van der Waals surface area contributed by atoms with Crippen molar-refractivity contribution < 1.29 is 4.42 Å². The fourth-order valence-electron chi connectivity index (χ4n) is 6.83. The first kappa shape index (κ1) is 26.3. The Hall–Kier alpha value is -6.12. The summed E-state index contributed by atoms with van der Waals surface area (Å²) in [6.07, 6.45) is 0. The zero-order valence-electron chi connectivity index (χ0n) is 25.1. The van der Waals surface area contributed by atoms with E-state index in [9.17, 15) is 0 Å². The van der Waals surface area contributed by atoms with E-state index in [0.717, 1.165) is 39.0 Å². The Morgan fingerprint density at radius 1 is 0.348 bits per heavy atom. The highest BCUT2D eigenvalue weighted by molar-refractivity contribution is 6.19. The van der Waals surface area contributed by atoms with Gasteiger partial charge in [0.15, 0.2) is 0 Å². The van der Waals surface area contributed by atoms with Crippen LogP contribution in [0.15, 0.2) is 180 Å². The summed E-state index contributed by atoms with van der Waals surface area (Å²) < 4.78 is 6.19. The third-order valence-corrected chi connectivity index (χ3v) is 9.06. The second-order valence-corrected chi connectivity index (χ2v) is 11.8. The average Bonchev–Trinajstić information content (AvgIpc) is 3.52. The summed E-state index contributed by atoms with van der Waals surface area (Å²) in [6, 6.07) is 62.8. The van der Waals surface area contributed by atoms with Crippen LogP contribution in [0.25, 0.3) is 65.7 Å². The quantitative estimate of drug-likeness (QED) is 0.199. The first-order chi connectivity index (χ1) is 22.8. The molecule has 1 heterocycles. The molecule has 0 fully saturated rings. The Morgan fingerprint density at radius 2 is 0.978 bits per heavy atom. The maximum Gasteiger partial charge on any atom is 0.136 e.